The molecule has 0 N–H and O–H groups in total. The topological polar surface area (TPSA) is 4.93 Å². The first kappa shape index (κ1) is 22.6. The van der Waals surface area contributed by atoms with Crippen molar-refractivity contribution in [3.8, 4) is 39.1 Å². The van der Waals surface area contributed by atoms with E-state index in [4.69, 9.17) is 11.6 Å². The van der Waals surface area contributed by atoms with Gasteiger partial charge in [-0.2, -0.15) is 0 Å². The maximum atomic E-state index is 6.56. The van der Waals surface area contributed by atoms with E-state index in [9.17, 15) is 0 Å². The van der Waals surface area contributed by atoms with Crippen LogP contribution in [0.1, 0.15) is 0 Å². The molecule has 0 fully saturated rings. The highest BCUT2D eigenvalue weighted by atomic mass is 35.5. The first-order valence-electron chi connectivity index (χ1n) is 12.8. The molecule has 0 radical (unpaired) electrons. The summed E-state index contributed by atoms with van der Waals surface area (Å²) in [6.45, 7) is 0. The predicted molar refractivity (Wildman–Crippen MR) is 162 cm³/mol. The summed E-state index contributed by atoms with van der Waals surface area (Å²) in [6, 6.07) is 51.4. The number of hydrogen-bond donors (Lipinski definition) is 0. The van der Waals surface area contributed by atoms with Gasteiger partial charge in [-0.05, 0) is 69.8 Å². The van der Waals surface area contributed by atoms with Crippen LogP contribution in [-0.4, -0.2) is 4.57 Å². The third-order valence-electron chi connectivity index (χ3n) is 7.27. The molecule has 0 bridgehead atoms. The number of nitrogens with zero attached hydrogens (tertiary/aromatic N) is 1. The smallest absolute Gasteiger partial charge is 0.0547 e. The quantitative estimate of drug-likeness (QED) is 0.224. The van der Waals surface area contributed by atoms with Crippen molar-refractivity contribution in [3.63, 3.8) is 0 Å². The predicted octanol–water partition coefficient (Wildman–Crippen LogP) is 10.4. The average molecular weight is 506 g/mol. The summed E-state index contributed by atoms with van der Waals surface area (Å²) in [5.41, 5.74) is 10.7. The van der Waals surface area contributed by atoms with Crippen LogP contribution in [0.15, 0.2) is 146 Å². The monoisotopic (exact) mass is 505 g/mol. The van der Waals surface area contributed by atoms with Crippen molar-refractivity contribution in [2.24, 2.45) is 0 Å². The standard InChI is InChI=1S/C36H24ClN/c37-30-21-22-34-33(24-30)36-32(28-19-17-27(18-20-28)25-9-3-1-4-10-25)15-8-16-35(36)38(34)31-14-7-13-29(23-31)26-11-5-2-6-12-26/h1-24H. The van der Waals surface area contributed by atoms with Crippen LogP contribution in [0.5, 0.6) is 0 Å². The van der Waals surface area contributed by atoms with E-state index in [1.165, 1.54) is 38.8 Å². The minimum atomic E-state index is 0.740. The molecule has 38 heavy (non-hydrogen) atoms. The second-order valence-corrected chi connectivity index (χ2v) is 9.99. The number of aromatic nitrogens is 1. The van der Waals surface area contributed by atoms with Gasteiger partial charge in [0.05, 0.1) is 11.0 Å². The van der Waals surface area contributed by atoms with Crippen LogP contribution in [0, 0.1) is 0 Å². The van der Waals surface area contributed by atoms with Crippen LogP contribution < -0.4 is 0 Å². The number of fused-ring (bicyclic) bond motifs is 3. The summed E-state index contributed by atoms with van der Waals surface area (Å²) in [7, 11) is 0. The lowest BCUT2D eigenvalue weighted by molar-refractivity contribution is 1.18. The Morgan fingerprint density at radius 1 is 0.421 bits per heavy atom. The SMILES string of the molecule is Clc1ccc2c(c1)c1c(-c3ccc(-c4ccccc4)cc3)cccc1n2-c1cccc(-c2ccccc2)c1. The maximum Gasteiger partial charge on any atom is 0.0547 e. The van der Waals surface area contributed by atoms with E-state index < -0.39 is 0 Å². The molecule has 0 aliphatic rings. The van der Waals surface area contributed by atoms with Gasteiger partial charge in [-0.1, -0.05) is 121 Å². The normalized spacial score (nSPS) is 11.3. The van der Waals surface area contributed by atoms with Gasteiger partial charge in [0.2, 0.25) is 0 Å². The Labute approximate surface area is 227 Å². The zero-order valence-electron chi connectivity index (χ0n) is 20.7. The maximum absolute atomic E-state index is 6.56. The third kappa shape index (κ3) is 3.89. The number of hydrogen-bond acceptors (Lipinski definition) is 0. The molecule has 1 nitrogen and oxygen atoms in total. The summed E-state index contributed by atoms with van der Waals surface area (Å²) >= 11 is 6.56. The van der Waals surface area contributed by atoms with Gasteiger partial charge in [-0.25, -0.2) is 0 Å². The van der Waals surface area contributed by atoms with Gasteiger partial charge in [0.15, 0.2) is 0 Å². The van der Waals surface area contributed by atoms with Crippen molar-refractivity contribution in [2.45, 2.75) is 0 Å². The van der Waals surface area contributed by atoms with Crippen molar-refractivity contribution in [1.82, 2.24) is 4.57 Å². The van der Waals surface area contributed by atoms with Crippen molar-refractivity contribution >= 4 is 33.4 Å². The van der Waals surface area contributed by atoms with Gasteiger partial charge >= 0.3 is 0 Å². The van der Waals surface area contributed by atoms with E-state index in [2.05, 4.69) is 144 Å². The average Bonchev–Trinajstić information content (AvgIpc) is 3.32. The molecule has 2 heteroatoms. The van der Waals surface area contributed by atoms with Crippen LogP contribution >= 0.6 is 11.6 Å². The van der Waals surface area contributed by atoms with E-state index in [1.54, 1.807) is 0 Å². The Balaban J connectivity index is 1.44. The Morgan fingerprint density at radius 2 is 1.03 bits per heavy atom. The molecule has 0 spiro atoms. The zero-order chi connectivity index (χ0) is 25.5. The van der Waals surface area contributed by atoms with Crippen LogP contribution in [0.25, 0.3) is 60.9 Å². The molecule has 0 saturated carbocycles. The molecule has 180 valence electrons. The highest BCUT2D eigenvalue weighted by Gasteiger charge is 2.17. The highest BCUT2D eigenvalue weighted by Crippen LogP contribution is 2.40. The lowest BCUT2D eigenvalue weighted by atomic mass is 9.97. The van der Waals surface area contributed by atoms with Crippen LogP contribution in [0.3, 0.4) is 0 Å². The molecule has 0 aliphatic heterocycles. The molecule has 1 aromatic heterocycles. The first-order valence-corrected chi connectivity index (χ1v) is 13.2. The van der Waals surface area contributed by atoms with Crippen molar-refractivity contribution in [1.29, 1.82) is 0 Å². The summed E-state index contributed by atoms with van der Waals surface area (Å²) in [5.74, 6) is 0. The molecule has 0 atom stereocenters. The van der Waals surface area contributed by atoms with Crippen molar-refractivity contribution < 1.29 is 0 Å². The largest absolute Gasteiger partial charge is 0.309 e. The number of halogens is 1. The highest BCUT2D eigenvalue weighted by molar-refractivity contribution is 6.32. The van der Waals surface area contributed by atoms with Gasteiger partial charge < -0.3 is 4.57 Å². The van der Waals surface area contributed by atoms with Crippen LogP contribution in [-0.2, 0) is 0 Å². The van der Waals surface area contributed by atoms with E-state index in [-0.39, 0.29) is 0 Å². The van der Waals surface area contributed by atoms with Crippen LogP contribution in [0.2, 0.25) is 5.02 Å². The fourth-order valence-corrected chi connectivity index (χ4v) is 5.66. The molecule has 0 saturated heterocycles. The number of rotatable bonds is 4. The molecular weight excluding hydrogens is 482 g/mol. The Hall–Kier alpha value is -4.59. The van der Waals surface area contributed by atoms with Crippen molar-refractivity contribution in [2.75, 3.05) is 0 Å². The molecule has 0 aliphatic carbocycles. The Kier molecular flexibility index (Phi) is 5.57. The fraction of sp³-hybridized carbons (Fsp3) is 0. The first-order chi connectivity index (χ1) is 18.8. The lowest BCUT2D eigenvalue weighted by Crippen LogP contribution is -1.94. The summed E-state index contributed by atoms with van der Waals surface area (Å²) in [5, 5.41) is 3.10. The van der Waals surface area contributed by atoms with Gasteiger partial charge in [0.25, 0.3) is 0 Å². The van der Waals surface area contributed by atoms with E-state index in [0.717, 1.165) is 27.1 Å². The molecule has 6 aromatic carbocycles. The lowest BCUT2D eigenvalue weighted by Gasteiger charge is -2.11. The molecule has 1 heterocycles. The van der Waals surface area contributed by atoms with Gasteiger partial charge in [-0.15, -0.1) is 0 Å². The van der Waals surface area contributed by atoms with Gasteiger partial charge in [0.1, 0.15) is 0 Å². The second-order valence-electron chi connectivity index (χ2n) is 9.56. The fourth-order valence-electron chi connectivity index (χ4n) is 5.49. The molecule has 0 unspecified atom stereocenters. The van der Waals surface area contributed by atoms with E-state index >= 15 is 0 Å². The summed E-state index contributed by atoms with van der Waals surface area (Å²) in [6.07, 6.45) is 0. The van der Waals surface area contributed by atoms with E-state index in [0.29, 0.717) is 0 Å². The van der Waals surface area contributed by atoms with Crippen LogP contribution in [0.4, 0.5) is 0 Å². The molecule has 7 rings (SSSR count). The Morgan fingerprint density at radius 3 is 1.76 bits per heavy atom. The van der Waals surface area contributed by atoms with E-state index in [1.807, 2.05) is 6.07 Å². The third-order valence-corrected chi connectivity index (χ3v) is 7.50. The van der Waals surface area contributed by atoms with Gasteiger partial charge in [-0.3, -0.25) is 0 Å². The number of benzene rings is 6. The minimum Gasteiger partial charge on any atom is -0.309 e. The minimum absolute atomic E-state index is 0.740. The van der Waals surface area contributed by atoms with Crippen molar-refractivity contribution in [3.05, 3.63) is 151 Å². The van der Waals surface area contributed by atoms with Gasteiger partial charge in [0, 0.05) is 21.5 Å². The summed E-state index contributed by atoms with van der Waals surface area (Å²) in [4.78, 5) is 0. The molecule has 7 aromatic rings. The second kappa shape index (κ2) is 9.37. The molecular formula is C36H24ClN. The molecule has 0 amide bonds. The zero-order valence-corrected chi connectivity index (χ0v) is 21.4. The Bertz CT molecular complexity index is 1900. The summed E-state index contributed by atoms with van der Waals surface area (Å²) < 4.78 is 2.36.